The topological polar surface area (TPSA) is 77.4 Å². The Labute approximate surface area is 178 Å². The first-order chi connectivity index (χ1) is 12.3. The number of hydrogen-bond acceptors (Lipinski definition) is 4. The van der Waals surface area contributed by atoms with E-state index in [0.29, 0.717) is 5.56 Å². The molecule has 0 heterocycles. The van der Waals surface area contributed by atoms with E-state index in [1.54, 1.807) is 24.3 Å². The van der Waals surface area contributed by atoms with Gasteiger partial charge in [0.2, 0.25) is 5.52 Å². The van der Waals surface area contributed by atoms with E-state index in [1.807, 2.05) is 0 Å². The van der Waals surface area contributed by atoms with Crippen LogP contribution in [0.25, 0.3) is 11.1 Å². The molecule has 27 heavy (non-hydrogen) atoms. The van der Waals surface area contributed by atoms with E-state index in [-0.39, 0.29) is 51.1 Å². The Morgan fingerprint density at radius 1 is 0.852 bits per heavy atom. The summed E-state index contributed by atoms with van der Waals surface area (Å²) >= 11 is 12.0. The Balaban J connectivity index is 0.00000261. The number of benzene rings is 3. The SMILES string of the molecule is O=C(c1c(Cl)cccc1Cl)P(=O)([O-])c1ccccc1-c1ccccc1O.[Li+]. The monoisotopic (exact) mass is 412 g/mol. The quantitative estimate of drug-likeness (QED) is 0.520. The molecule has 1 unspecified atom stereocenters. The van der Waals surface area contributed by atoms with Gasteiger partial charge >= 0.3 is 18.9 Å². The molecular weight excluding hydrogens is 401 g/mol. The smallest absolute Gasteiger partial charge is 0.790 e. The Morgan fingerprint density at radius 3 is 1.96 bits per heavy atom. The van der Waals surface area contributed by atoms with Gasteiger partial charge in [-0.1, -0.05) is 71.7 Å². The van der Waals surface area contributed by atoms with E-state index in [2.05, 4.69) is 0 Å². The summed E-state index contributed by atoms with van der Waals surface area (Å²) in [4.78, 5) is 25.8. The maximum Gasteiger partial charge on any atom is 1.00 e. The molecule has 0 saturated carbocycles. The molecule has 0 spiro atoms. The predicted molar refractivity (Wildman–Crippen MR) is 102 cm³/mol. The van der Waals surface area contributed by atoms with Gasteiger partial charge in [-0.3, -0.25) is 4.79 Å². The number of aromatic hydroxyl groups is 1. The van der Waals surface area contributed by atoms with Crippen LogP contribution in [0.3, 0.4) is 0 Å². The first-order valence-electron chi connectivity index (χ1n) is 7.52. The molecule has 0 aliphatic heterocycles. The summed E-state index contributed by atoms with van der Waals surface area (Å²) in [5.41, 5.74) is -0.907. The van der Waals surface area contributed by atoms with E-state index >= 15 is 0 Å². The number of hydrogen-bond donors (Lipinski definition) is 1. The van der Waals surface area contributed by atoms with E-state index < -0.39 is 12.9 Å². The van der Waals surface area contributed by atoms with E-state index in [4.69, 9.17) is 23.2 Å². The molecule has 3 aromatic carbocycles. The Kier molecular flexibility index (Phi) is 7.00. The van der Waals surface area contributed by atoms with Crippen LogP contribution in [0.15, 0.2) is 66.7 Å². The number of rotatable bonds is 4. The summed E-state index contributed by atoms with van der Waals surface area (Å²) in [6.45, 7) is 0. The largest absolute Gasteiger partial charge is 1.00 e. The molecule has 0 aromatic heterocycles. The summed E-state index contributed by atoms with van der Waals surface area (Å²) in [6, 6.07) is 16.6. The van der Waals surface area contributed by atoms with Crippen molar-refractivity contribution in [3.05, 3.63) is 82.3 Å². The van der Waals surface area contributed by atoms with Gasteiger partial charge in [-0.25, -0.2) is 0 Å². The first-order valence-corrected chi connectivity index (χ1v) is 9.90. The van der Waals surface area contributed by atoms with Crippen molar-refractivity contribution >= 4 is 41.4 Å². The van der Waals surface area contributed by atoms with Crippen LogP contribution in [0.2, 0.25) is 10.0 Å². The Morgan fingerprint density at radius 2 is 1.37 bits per heavy atom. The van der Waals surface area contributed by atoms with Gasteiger partial charge in [0.1, 0.15) is 13.1 Å². The molecule has 3 rings (SSSR count). The summed E-state index contributed by atoms with van der Waals surface area (Å²) in [5.74, 6) is -0.0943. The second-order valence-electron chi connectivity index (χ2n) is 5.49. The third-order valence-corrected chi connectivity index (χ3v) is 6.27. The van der Waals surface area contributed by atoms with Gasteiger partial charge in [0, 0.05) is 10.9 Å². The maximum atomic E-state index is 13.0. The van der Waals surface area contributed by atoms with Crippen molar-refractivity contribution in [1.29, 1.82) is 0 Å². The molecule has 0 fully saturated rings. The van der Waals surface area contributed by atoms with E-state index in [1.165, 1.54) is 42.5 Å². The summed E-state index contributed by atoms with van der Waals surface area (Å²) in [7, 11) is -4.80. The zero-order chi connectivity index (χ0) is 18.9. The van der Waals surface area contributed by atoms with Crippen molar-refractivity contribution in [2.45, 2.75) is 0 Å². The van der Waals surface area contributed by atoms with Crippen LogP contribution in [0.1, 0.15) is 10.4 Å². The molecule has 0 aliphatic rings. The van der Waals surface area contributed by atoms with Gasteiger partial charge < -0.3 is 14.6 Å². The number of halogens is 2. The van der Waals surface area contributed by atoms with Crippen LogP contribution in [0, 0.1) is 0 Å². The van der Waals surface area contributed by atoms with Gasteiger partial charge in [0.05, 0.1) is 15.6 Å². The predicted octanol–water partition coefficient (Wildman–Crippen LogP) is 1.47. The number of para-hydroxylation sites is 1. The van der Waals surface area contributed by atoms with Gasteiger partial charge in [0.25, 0.3) is 0 Å². The van der Waals surface area contributed by atoms with Crippen molar-refractivity contribution in [1.82, 2.24) is 0 Å². The zero-order valence-corrected chi connectivity index (χ0v) is 16.6. The fourth-order valence-corrected chi connectivity index (χ4v) is 4.87. The molecule has 0 bridgehead atoms. The number of carbonyl (C=O) groups excluding carboxylic acids is 1. The second-order valence-corrected chi connectivity index (χ2v) is 8.29. The third kappa shape index (κ3) is 4.17. The molecule has 0 radical (unpaired) electrons. The fourth-order valence-electron chi connectivity index (χ4n) is 2.62. The van der Waals surface area contributed by atoms with Crippen LogP contribution in [0.4, 0.5) is 0 Å². The van der Waals surface area contributed by atoms with Crippen molar-refractivity contribution in [3.8, 4) is 16.9 Å². The van der Waals surface area contributed by atoms with Crippen LogP contribution < -0.4 is 29.1 Å². The molecule has 0 aliphatic carbocycles. The van der Waals surface area contributed by atoms with Gasteiger partial charge in [-0.15, -0.1) is 0 Å². The minimum absolute atomic E-state index is 0. The third-order valence-electron chi connectivity index (χ3n) is 3.86. The summed E-state index contributed by atoms with van der Waals surface area (Å²) < 4.78 is 13.0. The molecule has 1 atom stereocenters. The molecule has 0 saturated heterocycles. The van der Waals surface area contributed by atoms with Gasteiger partial charge in [-0.2, -0.15) is 0 Å². The molecule has 0 amide bonds. The van der Waals surface area contributed by atoms with Crippen LogP contribution in [-0.2, 0) is 4.57 Å². The normalized spacial score (nSPS) is 12.7. The first kappa shape index (κ1) is 21.8. The Hall–Kier alpha value is -1.50. The molecule has 1 N–H and O–H groups in total. The van der Waals surface area contributed by atoms with Crippen LogP contribution >= 0.6 is 30.6 Å². The molecule has 132 valence electrons. The van der Waals surface area contributed by atoms with Crippen molar-refractivity contribution < 1.29 is 38.2 Å². The summed E-state index contributed by atoms with van der Waals surface area (Å²) in [5, 5.41) is 9.79. The van der Waals surface area contributed by atoms with Crippen molar-refractivity contribution in [3.63, 3.8) is 0 Å². The summed E-state index contributed by atoms with van der Waals surface area (Å²) in [6.07, 6.45) is 0. The minimum atomic E-state index is -4.80. The maximum absolute atomic E-state index is 13.0. The number of phenolic OH excluding ortho intramolecular Hbond substituents is 1. The van der Waals surface area contributed by atoms with Crippen LogP contribution in [0.5, 0.6) is 5.75 Å². The second kappa shape index (κ2) is 8.67. The van der Waals surface area contributed by atoms with Crippen molar-refractivity contribution in [2.24, 2.45) is 0 Å². The van der Waals surface area contributed by atoms with Crippen molar-refractivity contribution in [2.75, 3.05) is 0 Å². The molecule has 4 nitrogen and oxygen atoms in total. The minimum Gasteiger partial charge on any atom is -0.790 e. The van der Waals surface area contributed by atoms with Gasteiger partial charge in [-0.05, 0) is 23.8 Å². The molecule has 3 aromatic rings. The number of phenols is 1. The standard InChI is InChI=1S/C19H13Cl2O4P.Li/c20-14-8-5-9-15(21)18(14)19(23)26(24,25)17-11-4-2-7-13(17)12-6-1-3-10-16(12)22;/h1-11,22H,(H,24,25);/q;+1/p-1. The van der Waals surface area contributed by atoms with Gasteiger partial charge in [0.15, 0.2) is 0 Å². The fraction of sp³-hybridized carbons (Fsp3) is 0. The number of carbonyl (C=O) groups is 1. The average molecular weight is 413 g/mol. The average Bonchev–Trinajstić information content (AvgIpc) is 2.62. The van der Waals surface area contributed by atoms with E-state index in [0.717, 1.165) is 0 Å². The Bertz CT molecular complexity index is 1040. The van der Waals surface area contributed by atoms with E-state index in [9.17, 15) is 19.4 Å². The molecule has 8 heteroatoms. The van der Waals surface area contributed by atoms with Crippen LogP contribution in [-0.4, -0.2) is 10.6 Å². The zero-order valence-electron chi connectivity index (χ0n) is 14.2. The molecular formula is C19H12Cl2LiO4P.